The van der Waals surface area contributed by atoms with Crippen LogP contribution in [0.4, 0.5) is 0 Å². The second-order valence-electron chi connectivity index (χ2n) is 6.31. The van der Waals surface area contributed by atoms with E-state index in [2.05, 4.69) is 5.32 Å². The van der Waals surface area contributed by atoms with Gasteiger partial charge in [0.05, 0.1) is 18.1 Å². The molecule has 0 aliphatic carbocycles. The Morgan fingerprint density at radius 1 is 1.07 bits per heavy atom. The van der Waals surface area contributed by atoms with Gasteiger partial charge in [0.25, 0.3) is 5.91 Å². The largest absolute Gasteiger partial charge is 0.383 e. The predicted octanol–water partition coefficient (Wildman–Crippen LogP) is 0.406. The molecule has 0 atom stereocenters. The molecular weight excluding hydrogens is 370 g/mol. The van der Waals surface area contributed by atoms with Crippen LogP contribution in [-0.2, 0) is 19.5 Å². The van der Waals surface area contributed by atoms with Gasteiger partial charge in [0, 0.05) is 52.5 Å². The molecule has 0 saturated carbocycles. The number of methoxy groups -OCH3 is 2. The number of nitrogens with one attached hydrogen (secondary N) is 1. The summed E-state index contributed by atoms with van der Waals surface area (Å²) in [5.74, 6) is -0.0710. The molecule has 1 fully saturated rings. The molecule has 0 aromatic heterocycles. The number of ether oxygens (including phenoxy) is 2. The number of hydrogen-bond donors (Lipinski definition) is 1. The maximum absolute atomic E-state index is 12.9. The van der Waals surface area contributed by atoms with Crippen LogP contribution in [0, 0.1) is 0 Å². The molecule has 0 spiro atoms. The fourth-order valence-corrected chi connectivity index (χ4v) is 4.30. The van der Waals surface area contributed by atoms with Gasteiger partial charge in [-0.2, -0.15) is 4.31 Å². The Balaban J connectivity index is 2.14. The minimum Gasteiger partial charge on any atom is -0.383 e. The van der Waals surface area contributed by atoms with Gasteiger partial charge >= 0.3 is 0 Å². The lowest BCUT2D eigenvalue weighted by Crippen LogP contribution is -2.36. The third-order valence-electron chi connectivity index (χ3n) is 4.46. The van der Waals surface area contributed by atoms with Crippen LogP contribution in [0.2, 0.25) is 0 Å². The van der Waals surface area contributed by atoms with E-state index in [0.29, 0.717) is 31.9 Å². The van der Waals surface area contributed by atoms with E-state index in [1.54, 1.807) is 17.0 Å². The lowest BCUT2D eigenvalue weighted by atomic mass is 10.2. The molecule has 152 valence electrons. The first kappa shape index (κ1) is 21.8. The van der Waals surface area contributed by atoms with E-state index in [4.69, 9.17) is 9.47 Å². The molecule has 1 aliphatic heterocycles. The molecular formula is C18H29N3O5S. The van der Waals surface area contributed by atoms with E-state index < -0.39 is 10.0 Å². The van der Waals surface area contributed by atoms with Gasteiger partial charge in [0.15, 0.2) is 0 Å². The SMILES string of the molecule is COCCN(CCOC)S(=O)(=O)c1ccc(C(=O)N2CCCNCC2)cc1. The van der Waals surface area contributed by atoms with Gasteiger partial charge in [-0.05, 0) is 37.2 Å². The summed E-state index contributed by atoms with van der Waals surface area (Å²) in [7, 11) is -0.625. The van der Waals surface area contributed by atoms with Crippen LogP contribution in [0.5, 0.6) is 0 Å². The molecule has 1 heterocycles. The standard InChI is InChI=1S/C18H29N3O5S/c1-25-14-12-21(13-15-26-2)27(23,24)17-6-4-16(5-7-17)18(22)20-10-3-8-19-9-11-20/h4-7,19H,3,8-15H2,1-2H3. The summed E-state index contributed by atoms with van der Waals surface area (Å²) in [5.41, 5.74) is 0.496. The van der Waals surface area contributed by atoms with Crippen molar-refractivity contribution in [2.75, 3.05) is 66.7 Å². The van der Waals surface area contributed by atoms with Crippen molar-refractivity contribution in [2.24, 2.45) is 0 Å². The average Bonchev–Trinajstić information content (AvgIpc) is 2.97. The lowest BCUT2D eigenvalue weighted by molar-refractivity contribution is 0.0766. The van der Waals surface area contributed by atoms with Crippen LogP contribution in [0.3, 0.4) is 0 Å². The zero-order chi connectivity index (χ0) is 19.7. The van der Waals surface area contributed by atoms with Crippen molar-refractivity contribution in [1.82, 2.24) is 14.5 Å². The Labute approximate surface area is 161 Å². The van der Waals surface area contributed by atoms with Gasteiger partial charge in [-0.3, -0.25) is 4.79 Å². The first-order valence-corrected chi connectivity index (χ1v) is 10.5. The number of sulfonamides is 1. The smallest absolute Gasteiger partial charge is 0.253 e. The fourth-order valence-electron chi connectivity index (χ4n) is 2.89. The quantitative estimate of drug-likeness (QED) is 0.647. The second kappa shape index (κ2) is 10.7. The van der Waals surface area contributed by atoms with Crippen LogP contribution >= 0.6 is 0 Å². The highest BCUT2D eigenvalue weighted by Gasteiger charge is 2.25. The normalized spacial score (nSPS) is 15.7. The summed E-state index contributed by atoms with van der Waals surface area (Å²) in [6, 6.07) is 6.15. The summed E-state index contributed by atoms with van der Waals surface area (Å²) in [6.07, 6.45) is 0.909. The monoisotopic (exact) mass is 399 g/mol. The van der Waals surface area contributed by atoms with Crippen LogP contribution < -0.4 is 5.32 Å². The zero-order valence-corrected chi connectivity index (χ0v) is 16.8. The number of hydrogen-bond acceptors (Lipinski definition) is 6. The van der Waals surface area contributed by atoms with Crippen LogP contribution in [0.1, 0.15) is 16.8 Å². The topological polar surface area (TPSA) is 88.2 Å². The van der Waals surface area contributed by atoms with Gasteiger partial charge in [0.1, 0.15) is 0 Å². The Hall–Kier alpha value is -1.52. The number of carbonyl (C=O) groups excluding carboxylic acids is 1. The van der Waals surface area contributed by atoms with E-state index in [-0.39, 0.29) is 23.9 Å². The number of nitrogens with zero attached hydrogens (tertiary/aromatic N) is 2. The first-order valence-electron chi connectivity index (χ1n) is 9.08. The molecule has 1 amide bonds. The fraction of sp³-hybridized carbons (Fsp3) is 0.611. The maximum atomic E-state index is 12.9. The molecule has 0 bridgehead atoms. The molecule has 0 radical (unpaired) electrons. The third-order valence-corrected chi connectivity index (χ3v) is 6.37. The second-order valence-corrected chi connectivity index (χ2v) is 8.25. The summed E-state index contributed by atoms with van der Waals surface area (Å²) in [5, 5.41) is 3.26. The van der Waals surface area contributed by atoms with Gasteiger partial charge in [0.2, 0.25) is 10.0 Å². The maximum Gasteiger partial charge on any atom is 0.253 e. The molecule has 1 aliphatic rings. The van der Waals surface area contributed by atoms with Crippen molar-refractivity contribution in [3.8, 4) is 0 Å². The highest BCUT2D eigenvalue weighted by Crippen LogP contribution is 2.17. The summed E-state index contributed by atoms with van der Waals surface area (Å²) >= 11 is 0. The average molecular weight is 400 g/mol. The molecule has 27 heavy (non-hydrogen) atoms. The minimum absolute atomic E-state index is 0.0710. The van der Waals surface area contributed by atoms with Crippen molar-refractivity contribution in [2.45, 2.75) is 11.3 Å². The van der Waals surface area contributed by atoms with Gasteiger partial charge in [-0.25, -0.2) is 8.42 Å². The van der Waals surface area contributed by atoms with E-state index in [0.717, 1.165) is 19.5 Å². The zero-order valence-electron chi connectivity index (χ0n) is 16.0. The van der Waals surface area contributed by atoms with Gasteiger partial charge in [-0.1, -0.05) is 0 Å². The molecule has 1 aromatic carbocycles. The number of carbonyl (C=O) groups is 1. The van der Waals surface area contributed by atoms with E-state index in [9.17, 15) is 13.2 Å². The molecule has 0 unspecified atom stereocenters. The van der Waals surface area contributed by atoms with Gasteiger partial charge < -0.3 is 19.7 Å². The van der Waals surface area contributed by atoms with Crippen molar-refractivity contribution >= 4 is 15.9 Å². The molecule has 9 heteroatoms. The summed E-state index contributed by atoms with van der Waals surface area (Å²) in [6.45, 7) is 4.10. The van der Waals surface area contributed by atoms with Crippen molar-refractivity contribution in [1.29, 1.82) is 0 Å². The Bertz CT molecular complexity index is 677. The minimum atomic E-state index is -3.68. The third kappa shape index (κ3) is 5.98. The number of benzene rings is 1. The Morgan fingerprint density at radius 2 is 1.70 bits per heavy atom. The summed E-state index contributed by atoms with van der Waals surface area (Å²) < 4.78 is 37.1. The highest BCUT2D eigenvalue weighted by atomic mass is 32.2. The van der Waals surface area contributed by atoms with Gasteiger partial charge in [-0.15, -0.1) is 0 Å². The Morgan fingerprint density at radius 3 is 2.30 bits per heavy atom. The predicted molar refractivity (Wildman–Crippen MR) is 102 cm³/mol. The number of amides is 1. The molecule has 2 rings (SSSR count). The molecule has 1 saturated heterocycles. The first-order chi connectivity index (χ1) is 13.0. The van der Waals surface area contributed by atoms with Crippen molar-refractivity contribution in [3.05, 3.63) is 29.8 Å². The lowest BCUT2D eigenvalue weighted by Gasteiger charge is -2.22. The molecule has 8 nitrogen and oxygen atoms in total. The number of rotatable bonds is 9. The van der Waals surface area contributed by atoms with E-state index in [1.807, 2.05) is 0 Å². The Kier molecular flexibility index (Phi) is 8.65. The molecule has 1 aromatic rings. The van der Waals surface area contributed by atoms with E-state index in [1.165, 1.54) is 30.7 Å². The van der Waals surface area contributed by atoms with E-state index >= 15 is 0 Å². The summed E-state index contributed by atoms with van der Waals surface area (Å²) in [4.78, 5) is 14.6. The highest BCUT2D eigenvalue weighted by molar-refractivity contribution is 7.89. The van der Waals surface area contributed by atoms with Crippen LogP contribution in [0.25, 0.3) is 0 Å². The van der Waals surface area contributed by atoms with Crippen LogP contribution in [-0.4, -0.2) is 90.2 Å². The van der Waals surface area contributed by atoms with Crippen molar-refractivity contribution < 1.29 is 22.7 Å². The van der Waals surface area contributed by atoms with Crippen molar-refractivity contribution in [3.63, 3.8) is 0 Å². The molecule has 1 N–H and O–H groups in total. The van der Waals surface area contributed by atoms with Crippen LogP contribution in [0.15, 0.2) is 29.2 Å².